The summed E-state index contributed by atoms with van der Waals surface area (Å²) in [6, 6.07) is 7.89. The minimum atomic E-state index is 0.491. The molecule has 0 aliphatic rings. The van der Waals surface area contributed by atoms with E-state index in [0.717, 1.165) is 18.7 Å². The van der Waals surface area contributed by atoms with Gasteiger partial charge in [-0.1, -0.05) is 12.1 Å². The zero-order valence-electron chi connectivity index (χ0n) is 12.1. The number of rotatable bonds is 7. The number of nitrogens with zero attached hydrogens (tertiary/aromatic N) is 2. The monoisotopic (exact) mass is 351 g/mol. The number of halogens is 1. The van der Waals surface area contributed by atoms with Crippen LogP contribution in [0.2, 0.25) is 0 Å². The Morgan fingerprint density at radius 2 is 2.00 bits per heavy atom. The fraction of sp³-hybridized carbons (Fsp3) is 0.333. The largest absolute Gasteiger partial charge is 0.438 e. The first-order valence-electron chi connectivity index (χ1n) is 6.75. The number of ether oxygens (including phenoxy) is 2. The van der Waals surface area contributed by atoms with Gasteiger partial charge >= 0.3 is 0 Å². The molecule has 1 aromatic carbocycles. The normalized spacial score (nSPS) is 10.4. The third kappa shape index (κ3) is 4.68. The van der Waals surface area contributed by atoms with Gasteiger partial charge in [0.25, 0.3) is 0 Å². The van der Waals surface area contributed by atoms with Crippen LogP contribution < -0.4 is 10.1 Å². The molecular formula is C15H18BrN3O2. The van der Waals surface area contributed by atoms with Crippen molar-refractivity contribution < 1.29 is 9.47 Å². The molecule has 0 bridgehead atoms. The Bertz CT molecular complexity index is 576. The summed E-state index contributed by atoms with van der Waals surface area (Å²) in [5.74, 6) is 1.77. The van der Waals surface area contributed by atoms with E-state index in [2.05, 4.69) is 31.2 Å². The number of aromatic nitrogens is 2. The molecule has 0 amide bonds. The van der Waals surface area contributed by atoms with Crippen LogP contribution in [0.5, 0.6) is 11.6 Å². The maximum atomic E-state index is 5.79. The van der Waals surface area contributed by atoms with Crippen LogP contribution in [0.25, 0.3) is 0 Å². The van der Waals surface area contributed by atoms with Crippen molar-refractivity contribution in [3.05, 3.63) is 40.5 Å². The maximum absolute atomic E-state index is 5.79. The minimum Gasteiger partial charge on any atom is -0.438 e. The predicted octanol–water partition coefficient (Wildman–Crippen LogP) is 3.65. The Hall–Kier alpha value is -1.66. The number of hydrogen-bond acceptors (Lipinski definition) is 5. The van der Waals surface area contributed by atoms with E-state index in [1.807, 2.05) is 31.2 Å². The molecule has 0 fully saturated rings. The van der Waals surface area contributed by atoms with Gasteiger partial charge in [-0.15, -0.1) is 0 Å². The lowest BCUT2D eigenvalue weighted by Crippen LogP contribution is -2.03. The Kier molecular flexibility index (Phi) is 5.95. The van der Waals surface area contributed by atoms with Crippen molar-refractivity contribution in [3.8, 4) is 11.6 Å². The molecule has 0 radical (unpaired) electrons. The number of benzene rings is 1. The molecule has 1 heterocycles. The molecule has 2 aromatic rings. The van der Waals surface area contributed by atoms with Gasteiger partial charge in [-0.05, 0) is 47.0 Å². The van der Waals surface area contributed by atoms with Crippen LogP contribution >= 0.6 is 15.9 Å². The predicted molar refractivity (Wildman–Crippen MR) is 86.0 cm³/mol. The molecule has 112 valence electrons. The van der Waals surface area contributed by atoms with Gasteiger partial charge in [0, 0.05) is 13.7 Å². The van der Waals surface area contributed by atoms with Gasteiger partial charge in [0.2, 0.25) is 11.8 Å². The van der Waals surface area contributed by atoms with Gasteiger partial charge in [-0.2, -0.15) is 4.98 Å². The third-order valence-corrected chi connectivity index (χ3v) is 3.32. The number of nitrogens with one attached hydrogen (secondary N) is 1. The van der Waals surface area contributed by atoms with Gasteiger partial charge in [0.1, 0.15) is 5.75 Å². The second kappa shape index (κ2) is 7.95. The Morgan fingerprint density at radius 3 is 2.67 bits per heavy atom. The number of methoxy groups -OCH3 is 1. The highest BCUT2D eigenvalue weighted by molar-refractivity contribution is 9.10. The average Bonchev–Trinajstić information content (AvgIpc) is 2.50. The molecule has 6 heteroatoms. The van der Waals surface area contributed by atoms with Gasteiger partial charge in [-0.25, -0.2) is 4.98 Å². The Labute approximate surface area is 132 Å². The van der Waals surface area contributed by atoms with Crippen molar-refractivity contribution in [2.45, 2.75) is 13.3 Å². The van der Waals surface area contributed by atoms with E-state index in [9.17, 15) is 0 Å². The number of hydrogen-bond donors (Lipinski definition) is 1. The van der Waals surface area contributed by atoms with Crippen molar-refractivity contribution >= 4 is 21.9 Å². The molecule has 1 aromatic heterocycles. The van der Waals surface area contributed by atoms with Crippen LogP contribution in [-0.4, -0.2) is 30.2 Å². The maximum Gasteiger partial charge on any atom is 0.238 e. The lowest BCUT2D eigenvalue weighted by Gasteiger charge is -2.09. The van der Waals surface area contributed by atoms with Gasteiger partial charge in [0.05, 0.1) is 17.3 Å². The summed E-state index contributed by atoms with van der Waals surface area (Å²) in [4.78, 5) is 8.47. The summed E-state index contributed by atoms with van der Waals surface area (Å²) in [5.41, 5.74) is 1.21. The van der Waals surface area contributed by atoms with Gasteiger partial charge in [-0.3, -0.25) is 0 Å². The molecule has 0 saturated heterocycles. The lowest BCUT2D eigenvalue weighted by atomic mass is 10.1. The quantitative estimate of drug-likeness (QED) is 0.824. The molecular weight excluding hydrogens is 334 g/mol. The van der Waals surface area contributed by atoms with Gasteiger partial charge in [0.15, 0.2) is 0 Å². The first kappa shape index (κ1) is 15.7. The highest BCUT2D eigenvalue weighted by Crippen LogP contribution is 2.28. The van der Waals surface area contributed by atoms with E-state index in [0.29, 0.717) is 22.9 Å². The molecule has 0 aliphatic carbocycles. The fourth-order valence-electron chi connectivity index (χ4n) is 1.72. The average molecular weight is 352 g/mol. The standard InChI is InChI=1S/C15H18BrN3O2/c1-3-17-15-18-10-13(16)14(19-15)21-12-6-4-11(5-7-12)8-9-20-2/h4-7,10H,3,8-9H2,1-2H3,(H,17,18,19). The minimum absolute atomic E-state index is 0.491. The molecule has 5 nitrogen and oxygen atoms in total. The molecule has 0 saturated carbocycles. The summed E-state index contributed by atoms with van der Waals surface area (Å²) in [6.07, 6.45) is 2.56. The van der Waals surface area contributed by atoms with Crippen LogP contribution in [0.3, 0.4) is 0 Å². The third-order valence-electron chi connectivity index (χ3n) is 2.78. The Morgan fingerprint density at radius 1 is 1.24 bits per heavy atom. The van der Waals surface area contributed by atoms with Crippen molar-refractivity contribution in [3.63, 3.8) is 0 Å². The van der Waals surface area contributed by atoms with Crippen LogP contribution in [0.4, 0.5) is 5.95 Å². The van der Waals surface area contributed by atoms with Crippen molar-refractivity contribution in [2.75, 3.05) is 25.6 Å². The summed E-state index contributed by atoms with van der Waals surface area (Å²) in [6.45, 7) is 3.46. The first-order chi connectivity index (χ1) is 10.2. The van der Waals surface area contributed by atoms with Crippen molar-refractivity contribution in [1.29, 1.82) is 0 Å². The number of anilines is 1. The molecule has 0 aliphatic heterocycles. The lowest BCUT2D eigenvalue weighted by molar-refractivity contribution is 0.202. The summed E-state index contributed by atoms with van der Waals surface area (Å²) in [5, 5.41) is 3.06. The Balaban J connectivity index is 2.08. The van der Waals surface area contributed by atoms with E-state index < -0.39 is 0 Å². The summed E-state index contributed by atoms with van der Waals surface area (Å²) >= 11 is 3.39. The summed E-state index contributed by atoms with van der Waals surface area (Å²) < 4.78 is 11.6. The van der Waals surface area contributed by atoms with E-state index in [1.54, 1.807) is 13.3 Å². The first-order valence-corrected chi connectivity index (χ1v) is 7.54. The molecule has 2 rings (SSSR count). The smallest absolute Gasteiger partial charge is 0.238 e. The molecule has 1 N–H and O–H groups in total. The van der Waals surface area contributed by atoms with Crippen LogP contribution in [0, 0.1) is 0 Å². The zero-order chi connectivity index (χ0) is 15.1. The van der Waals surface area contributed by atoms with Gasteiger partial charge < -0.3 is 14.8 Å². The van der Waals surface area contributed by atoms with E-state index in [1.165, 1.54) is 5.56 Å². The fourth-order valence-corrected chi connectivity index (χ4v) is 1.99. The van der Waals surface area contributed by atoms with Crippen molar-refractivity contribution in [1.82, 2.24) is 9.97 Å². The highest BCUT2D eigenvalue weighted by atomic mass is 79.9. The van der Waals surface area contributed by atoms with Crippen LogP contribution in [0.15, 0.2) is 34.9 Å². The highest BCUT2D eigenvalue weighted by Gasteiger charge is 2.07. The molecule has 0 atom stereocenters. The topological polar surface area (TPSA) is 56.3 Å². The van der Waals surface area contributed by atoms with Crippen LogP contribution in [-0.2, 0) is 11.2 Å². The van der Waals surface area contributed by atoms with Crippen molar-refractivity contribution in [2.24, 2.45) is 0 Å². The SMILES string of the molecule is CCNc1ncc(Br)c(Oc2ccc(CCOC)cc2)n1. The summed E-state index contributed by atoms with van der Waals surface area (Å²) in [7, 11) is 1.70. The molecule has 21 heavy (non-hydrogen) atoms. The second-order valence-corrected chi connectivity index (χ2v) is 5.22. The molecule has 0 spiro atoms. The van der Waals surface area contributed by atoms with Crippen LogP contribution in [0.1, 0.15) is 12.5 Å². The van der Waals surface area contributed by atoms with E-state index in [-0.39, 0.29) is 0 Å². The van der Waals surface area contributed by atoms with E-state index in [4.69, 9.17) is 9.47 Å². The molecule has 0 unspecified atom stereocenters. The second-order valence-electron chi connectivity index (χ2n) is 4.37. The zero-order valence-corrected chi connectivity index (χ0v) is 13.7. The van der Waals surface area contributed by atoms with E-state index >= 15 is 0 Å².